The van der Waals surface area contributed by atoms with Crippen LogP contribution in [0.15, 0.2) is 42.5 Å². The maximum atomic E-state index is 12.3. The van der Waals surface area contributed by atoms with E-state index in [1.807, 2.05) is 6.92 Å². The van der Waals surface area contributed by atoms with Crippen LogP contribution in [0.5, 0.6) is 0 Å². The van der Waals surface area contributed by atoms with Crippen molar-refractivity contribution in [2.45, 2.75) is 20.0 Å². The first-order valence-electron chi connectivity index (χ1n) is 7.05. The van der Waals surface area contributed by atoms with Crippen LogP contribution in [-0.4, -0.2) is 22.8 Å². The van der Waals surface area contributed by atoms with Gasteiger partial charge in [0.15, 0.2) is 6.10 Å². The number of benzene rings is 2. The Hall–Kier alpha value is -2.73. The zero-order chi connectivity index (χ0) is 17.9. The summed E-state index contributed by atoms with van der Waals surface area (Å²) < 4.78 is 5.10. The van der Waals surface area contributed by atoms with Gasteiger partial charge in [0.2, 0.25) is 5.78 Å². The SMILES string of the molecule is Cc1ccc(C(=O)[C@@H](C)OC(=O)c2cc([N+](=O)[O-])ccc2Cl)cc1. The summed E-state index contributed by atoms with van der Waals surface area (Å²) in [6.45, 7) is 3.33. The van der Waals surface area contributed by atoms with Crippen LogP contribution in [0.25, 0.3) is 0 Å². The zero-order valence-corrected chi connectivity index (χ0v) is 13.7. The number of Topliss-reactive ketones (excluding diaryl/α,β-unsaturated/α-hetero) is 1. The molecule has 124 valence electrons. The normalized spacial score (nSPS) is 11.6. The van der Waals surface area contributed by atoms with E-state index < -0.39 is 17.0 Å². The molecule has 0 saturated heterocycles. The molecule has 0 aromatic heterocycles. The Morgan fingerprint density at radius 1 is 1.17 bits per heavy atom. The molecule has 0 spiro atoms. The second kappa shape index (κ2) is 7.23. The van der Waals surface area contributed by atoms with Crippen molar-refractivity contribution >= 4 is 29.0 Å². The van der Waals surface area contributed by atoms with Crippen molar-refractivity contribution in [3.63, 3.8) is 0 Å². The Morgan fingerprint density at radius 3 is 2.38 bits per heavy atom. The number of ketones is 1. The molecule has 0 N–H and O–H groups in total. The van der Waals surface area contributed by atoms with Crippen LogP contribution in [0, 0.1) is 17.0 Å². The number of carbonyl (C=O) groups is 2. The number of carbonyl (C=O) groups excluding carboxylic acids is 2. The molecule has 2 aromatic carbocycles. The van der Waals surface area contributed by atoms with Crippen LogP contribution >= 0.6 is 11.6 Å². The van der Waals surface area contributed by atoms with Gasteiger partial charge in [-0.05, 0) is 19.9 Å². The minimum Gasteiger partial charge on any atom is -0.451 e. The van der Waals surface area contributed by atoms with E-state index in [4.69, 9.17) is 16.3 Å². The maximum Gasteiger partial charge on any atom is 0.340 e. The minimum absolute atomic E-state index is 0.0144. The molecule has 0 bridgehead atoms. The highest BCUT2D eigenvalue weighted by Gasteiger charge is 2.23. The summed E-state index contributed by atoms with van der Waals surface area (Å²) in [6.07, 6.45) is -1.05. The average Bonchev–Trinajstić information content (AvgIpc) is 2.54. The third kappa shape index (κ3) is 3.97. The number of nitro benzene ring substituents is 1. The number of non-ortho nitro benzene ring substituents is 1. The summed E-state index contributed by atoms with van der Waals surface area (Å²) in [4.78, 5) is 34.6. The number of rotatable bonds is 5. The molecular formula is C17H14ClNO5. The zero-order valence-electron chi connectivity index (χ0n) is 13.0. The Labute approximate surface area is 143 Å². The highest BCUT2D eigenvalue weighted by atomic mass is 35.5. The molecule has 0 amide bonds. The molecule has 0 heterocycles. The molecule has 1 atom stereocenters. The predicted molar refractivity (Wildman–Crippen MR) is 88.5 cm³/mol. The average molecular weight is 348 g/mol. The number of nitrogens with zero attached hydrogens (tertiary/aromatic N) is 1. The number of hydrogen-bond acceptors (Lipinski definition) is 5. The molecule has 0 aliphatic heterocycles. The van der Waals surface area contributed by atoms with E-state index in [0.717, 1.165) is 11.6 Å². The van der Waals surface area contributed by atoms with Gasteiger partial charge in [-0.2, -0.15) is 0 Å². The Balaban J connectivity index is 2.17. The van der Waals surface area contributed by atoms with Crippen molar-refractivity contribution in [1.29, 1.82) is 0 Å². The first kappa shape index (κ1) is 17.6. The fourth-order valence-corrected chi connectivity index (χ4v) is 2.21. The maximum absolute atomic E-state index is 12.3. The molecule has 0 fully saturated rings. The molecule has 7 heteroatoms. The van der Waals surface area contributed by atoms with E-state index in [9.17, 15) is 19.7 Å². The van der Waals surface area contributed by atoms with Gasteiger partial charge in [-0.1, -0.05) is 41.4 Å². The molecular weight excluding hydrogens is 334 g/mol. The second-order valence-electron chi connectivity index (χ2n) is 5.20. The third-order valence-electron chi connectivity index (χ3n) is 3.37. The van der Waals surface area contributed by atoms with Crippen molar-refractivity contribution in [1.82, 2.24) is 0 Å². The van der Waals surface area contributed by atoms with Crippen molar-refractivity contribution in [3.05, 3.63) is 74.3 Å². The quantitative estimate of drug-likeness (QED) is 0.353. The fourth-order valence-electron chi connectivity index (χ4n) is 2.01. The molecule has 0 radical (unpaired) electrons. The molecule has 2 aromatic rings. The number of ether oxygens (including phenoxy) is 1. The number of esters is 1. The summed E-state index contributed by atoms with van der Waals surface area (Å²) in [5, 5.41) is 10.8. The molecule has 0 aliphatic carbocycles. The summed E-state index contributed by atoms with van der Waals surface area (Å²) in [6, 6.07) is 10.3. The van der Waals surface area contributed by atoms with Gasteiger partial charge < -0.3 is 4.74 Å². The smallest absolute Gasteiger partial charge is 0.340 e. The first-order valence-corrected chi connectivity index (χ1v) is 7.43. The van der Waals surface area contributed by atoms with Crippen LogP contribution in [-0.2, 0) is 4.74 Å². The number of aryl methyl sites for hydroxylation is 1. The third-order valence-corrected chi connectivity index (χ3v) is 3.70. The van der Waals surface area contributed by atoms with Crippen LogP contribution in [0.1, 0.15) is 33.2 Å². The van der Waals surface area contributed by atoms with E-state index in [0.29, 0.717) is 5.56 Å². The second-order valence-corrected chi connectivity index (χ2v) is 5.61. The molecule has 24 heavy (non-hydrogen) atoms. The number of halogens is 1. The lowest BCUT2D eigenvalue weighted by Crippen LogP contribution is -2.24. The lowest BCUT2D eigenvalue weighted by Gasteiger charge is -2.13. The molecule has 0 aliphatic rings. The monoisotopic (exact) mass is 347 g/mol. The van der Waals surface area contributed by atoms with Gasteiger partial charge in [0.25, 0.3) is 5.69 Å². The summed E-state index contributed by atoms with van der Waals surface area (Å²) in [5.74, 6) is -1.26. The number of hydrogen-bond donors (Lipinski definition) is 0. The lowest BCUT2D eigenvalue weighted by atomic mass is 10.1. The van der Waals surface area contributed by atoms with E-state index in [1.165, 1.54) is 19.1 Å². The van der Waals surface area contributed by atoms with E-state index in [2.05, 4.69) is 0 Å². The minimum atomic E-state index is -1.05. The van der Waals surface area contributed by atoms with Crippen LogP contribution in [0.3, 0.4) is 0 Å². The van der Waals surface area contributed by atoms with E-state index in [1.54, 1.807) is 24.3 Å². The lowest BCUT2D eigenvalue weighted by molar-refractivity contribution is -0.384. The summed E-state index contributed by atoms with van der Waals surface area (Å²) in [7, 11) is 0. The van der Waals surface area contributed by atoms with Crippen LogP contribution in [0.4, 0.5) is 5.69 Å². The van der Waals surface area contributed by atoms with Crippen molar-refractivity contribution < 1.29 is 19.2 Å². The Bertz CT molecular complexity index is 801. The summed E-state index contributed by atoms with van der Waals surface area (Å²) in [5.41, 5.74) is 0.962. The standard InChI is InChI=1S/C17H14ClNO5/c1-10-3-5-12(6-4-10)16(20)11(2)24-17(21)14-9-13(19(22)23)7-8-15(14)18/h3-9,11H,1-2H3/t11-/m1/s1. The van der Waals surface area contributed by atoms with Crippen LogP contribution in [0.2, 0.25) is 5.02 Å². The topological polar surface area (TPSA) is 86.5 Å². The number of nitro groups is 1. The van der Waals surface area contributed by atoms with Gasteiger partial charge in [-0.15, -0.1) is 0 Å². The first-order chi connectivity index (χ1) is 11.3. The fraction of sp³-hybridized carbons (Fsp3) is 0.176. The van der Waals surface area contributed by atoms with Gasteiger partial charge >= 0.3 is 5.97 Å². The summed E-state index contributed by atoms with van der Waals surface area (Å²) >= 11 is 5.88. The molecule has 6 nitrogen and oxygen atoms in total. The van der Waals surface area contributed by atoms with Crippen molar-refractivity contribution in [2.75, 3.05) is 0 Å². The van der Waals surface area contributed by atoms with Gasteiger partial charge in [-0.3, -0.25) is 14.9 Å². The predicted octanol–water partition coefficient (Wildman–Crippen LogP) is 3.98. The van der Waals surface area contributed by atoms with E-state index in [-0.39, 0.29) is 22.1 Å². The van der Waals surface area contributed by atoms with E-state index >= 15 is 0 Å². The molecule has 0 saturated carbocycles. The largest absolute Gasteiger partial charge is 0.451 e. The molecule has 2 rings (SSSR count). The highest BCUT2D eigenvalue weighted by Crippen LogP contribution is 2.23. The van der Waals surface area contributed by atoms with Crippen LogP contribution < -0.4 is 0 Å². The van der Waals surface area contributed by atoms with Gasteiger partial charge in [0, 0.05) is 17.7 Å². The van der Waals surface area contributed by atoms with Gasteiger partial charge in [0.05, 0.1) is 15.5 Å². The Kier molecular flexibility index (Phi) is 5.31. The van der Waals surface area contributed by atoms with Crippen molar-refractivity contribution in [2.24, 2.45) is 0 Å². The molecule has 0 unspecified atom stereocenters. The Morgan fingerprint density at radius 2 is 1.79 bits per heavy atom. The highest BCUT2D eigenvalue weighted by molar-refractivity contribution is 6.33. The van der Waals surface area contributed by atoms with Crippen molar-refractivity contribution in [3.8, 4) is 0 Å². The van der Waals surface area contributed by atoms with Gasteiger partial charge in [0.1, 0.15) is 0 Å². The van der Waals surface area contributed by atoms with Gasteiger partial charge in [-0.25, -0.2) is 4.79 Å².